The van der Waals surface area contributed by atoms with Crippen LogP contribution < -0.4 is 14.1 Å². The van der Waals surface area contributed by atoms with Crippen LogP contribution in [0.15, 0.2) is 48.5 Å². The lowest BCUT2D eigenvalue weighted by Gasteiger charge is -2.25. The number of para-hydroxylation sites is 1. The second kappa shape index (κ2) is 17.9. The van der Waals surface area contributed by atoms with Crippen LogP contribution in [-0.2, 0) is 20.5 Å². The highest BCUT2D eigenvalue weighted by Crippen LogP contribution is 2.48. The van der Waals surface area contributed by atoms with Gasteiger partial charge in [-0.05, 0) is 42.7 Å². The third-order valence-corrected chi connectivity index (χ3v) is 8.30. The van der Waals surface area contributed by atoms with Crippen molar-refractivity contribution in [3.05, 3.63) is 94.8 Å². The molecular formula is C32H35F7NO5P. The molecule has 3 aromatic carbocycles. The molecule has 0 radical (unpaired) electrons. The molecule has 0 fully saturated rings. The molecule has 0 aliphatic carbocycles. The fraction of sp³-hybridized carbons (Fsp3) is 0.406. The number of hydrogen-bond donors (Lipinski definition) is 1. The highest BCUT2D eigenvalue weighted by atomic mass is 31.2. The fourth-order valence-corrected chi connectivity index (χ4v) is 6.02. The molecule has 0 unspecified atom stereocenters. The molecule has 0 aliphatic heterocycles. The molecule has 0 heterocycles. The lowest BCUT2D eigenvalue weighted by Crippen LogP contribution is -2.40. The normalized spacial score (nSPS) is 13.2. The minimum atomic E-state index is -5.28. The standard InChI is InChI=1S/C32H35F7NO5P/c1-2-3-4-5-6-7-8-9-13-16-43-32(41)25(19-21-17-22(33)20-23(34)18-21)40-46(42,44-24-14-11-10-12-15-24)45-31-29(38)27(36)26(35)28(37)30(31)39/h10-12,14-15,17-18,20,25H,2-9,13,16,19H2,1H3,(H,40,42)/t25-,46-/m0/s1. The molecule has 0 saturated heterocycles. The lowest BCUT2D eigenvalue weighted by atomic mass is 10.1. The first-order valence-electron chi connectivity index (χ1n) is 14.9. The first-order valence-corrected chi connectivity index (χ1v) is 16.4. The van der Waals surface area contributed by atoms with E-state index in [0.717, 1.165) is 50.7 Å². The summed E-state index contributed by atoms with van der Waals surface area (Å²) >= 11 is 0. The molecule has 3 aromatic rings. The van der Waals surface area contributed by atoms with E-state index < -0.39 is 72.6 Å². The minimum absolute atomic E-state index is 0.0906. The first kappa shape index (κ1) is 36.9. The summed E-state index contributed by atoms with van der Waals surface area (Å²) < 4.78 is 128. The zero-order valence-corrected chi connectivity index (χ0v) is 26.0. The Morgan fingerprint density at radius 3 is 1.80 bits per heavy atom. The largest absolute Gasteiger partial charge is 0.513 e. The number of benzene rings is 3. The molecule has 3 rings (SSSR count). The van der Waals surface area contributed by atoms with Gasteiger partial charge in [-0.3, -0.25) is 4.79 Å². The van der Waals surface area contributed by atoms with Crippen LogP contribution in [0, 0.1) is 40.7 Å². The quantitative estimate of drug-likeness (QED) is 0.0340. The molecular weight excluding hydrogens is 642 g/mol. The highest BCUT2D eigenvalue weighted by Gasteiger charge is 2.39. The maximum atomic E-state index is 14.5. The number of esters is 1. The first-order chi connectivity index (χ1) is 21.9. The van der Waals surface area contributed by atoms with E-state index in [9.17, 15) is 40.1 Å². The number of rotatable bonds is 19. The van der Waals surface area contributed by atoms with Gasteiger partial charge in [0.15, 0.2) is 0 Å². The van der Waals surface area contributed by atoms with Gasteiger partial charge >= 0.3 is 13.7 Å². The average molecular weight is 678 g/mol. The molecule has 0 saturated carbocycles. The van der Waals surface area contributed by atoms with E-state index in [2.05, 4.69) is 12.0 Å². The van der Waals surface area contributed by atoms with Crippen LogP contribution in [-0.4, -0.2) is 18.6 Å². The third kappa shape index (κ3) is 11.0. The van der Waals surface area contributed by atoms with Crippen molar-refractivity contribution in [1.29, 1.82) is 0 Å². The Morgan fingerprint density at radius 2 is 1.24 bits per heavy atom. The van der Waals surface area contributed by atoms with E-state index >= 15 is 0 Å². The maximum Gasteiger partial charge on any atom is 0.513 e. The van der Waals surface area contributed by atoms with Gasteiger partial charge in [-0.2, -0.15) is 13.9 Å². The van der Waals surface area contributed by atoms with Gasteiger partial charge in [0.25, 0.3) is 0 Å². The van der Waals surface area contributed by atoms with Crippen LogP contribution in [0.3, 0.4) is 0 Å². The summed E-state index contributed by atoms with van der Waals surface area (Å²) in [6.45, 7) is 2.04. The summed E-state index contributed by atoms with van der Waals surface area (Å²) in [7, 11) is -5.28. The van der Waals surface area contributed by atoms with E-state index in [0.29, 0.717) is 12.5 Å². The highest BCUT2D eigenvalue weighted by molar-refractivity contribution is 7.52. The molecule has 6 nitrogen and oxygen atoms in total. The van der Waals surface area contributed by atoms with Crippen molar-refractivity contribution >= 4 is 13.7 Å². The Kier molecular flexibility index (Phi) is 14.4. The average Bonchev–Trinajstić information content (AvgIpc) is 3.01. The maximum absolute atomic E-state index is 14.5. The molecule has 252 valence electrons. The molecule has 14 heteroatoms. The van der Waals surface area contributed by atoms with Gasteiger partial charge in [0.1, 0.15) is 23.4 Å². The smallest absolute Gasteiger partial charge is 0.465 e. The monoisotopic (exact) mass is 677 g/mol. The van der Waals surface area contributed by atoms with E-state index in [1.165, 1.54) is 43.2 Å². The van der Waals surface area contributed by atoms with Crippen LogP contribution >= 0.6 is 7.75 Å². The van der Waals surface area contributed by atoms with Crippen LogP contribution in [0.5, 0.6) is 11.5 Å². The van der Waals surface area contributed by atoms with Crippen LogP contribution in [0.25, 0.3) is 0 Å². The van der Waals surface area contributed by atoms with Crippen molar-refractivity contribution in [1.82, 2.24) is 5.09 Å². The number of ether oxygens (including phenoxy) is 1. The molecule has 1 N–H and O–H groups in total. The molecule has 0 bridgehead atoms. The van der Waals surface area contributed by atoms with E-state index in [-0.39, 0.29) is 17.9 Å². The summed E-state index contributed by atoms with van der Waals surface area (Å²) in [6, 6.07) is 7.33. The molecule has 46 heavy (non-hydrogen) atoms. The van der Waals surface area contributed by atoms with Crippen molar-refractivity contribution in [2.24, 2.45) is 0 Å². The zero-order valence-electron chi connectivity index (χ0n) is 25.1. The molecule has 2 atom stereocenters. The summed E-state index contributed by atoms with van der Waals surface area (Å²) in [5.74, 6) is -17.5. The lowest BCUT2D eigenvalue weighted by molar-refractivity contribution is -0.145. The number of carbonyl (C=O) groups excluding carboxylic acids is 1. The van der Waals surface area contributed by atoms with Crippen molar-refractivity contribution in [2.75, 3.05) is 6.61 Å². The van der Waals surface area contributed by atoms with E-state index in [1.807, 2.05) is 0 Å². The second-order valence-corrected chi connectivity index (χ2v) is 12.2. The zero-order chi connectivity index (χ0) is 33.7. The van der Waals surface area contributed by atoms with Gasteiger partial charge in [-0.15, -0.1) is 0 Å². The van der Waals surface area contributed by atoms with Crippen molar-refractivity contribution in [3.63, 3.8) is 0 Å². The Morgan fingerprint density at radius 1 is 0.717 bits per heavy atom. The van der Waals surface area contributed by atoms with E-state index in [4.69, 9.17) is 13.8 Å². The van der Waals surface area contributed by atoms with Gasteiger partial charge in [0.05, 0.1) is 6.61 Å². The van der Waals surface area contributed by atoms with Crippen LogP contribution in [0.4, 0.5) is 30.7 Å². The van der Waals surface area contributed by atoms with E-state index in [1.54, 1.807) is 0 Å². The number of halogens is 7. The van der Waals surface area contributed by atoms with Crippen molar-refractivity contribution in [3.8, 4) is 11.5 Å². The predicted octanol–water partition coefficient (Wildman–Crippen LogP) is 9.50. The summed E-state index contributed by atoms with van der Waals surface area (Å²) in [5.41, 5.74) is -0.127. The second-order valence-electron chi connectivity index (χ2n) is 10.6. The Labute approximate surface area is 262 Å². The predicted molar refractivity (Wildman–Crippen MR) is 157 cm³/mol. The molecule has 0 amide bonds. The molecule has 0 aliphatic rings. The number of hydrogen-bond acceptors (Lipinski definition) is 5. The fourth-order valence-electron chi connectivity index (χ4n) is 4.50. The van der Waals surface area contributed by atoms with Crippen LogP contribution in [0.1, 0.15) is 70.3 Å². The van der Waals surface area contributed by atoms with Gasteiger partial charge in [-0.1, -0.05) is 76.5 Å². The molecule has 0 aromatic heterocycles. The third-order valence-electron chi connectivity index (χ3n) is 6.80. The van der Waals surface area contributed by atoms with Crippen molar-refractivity contribution in [2.45, 2.75) is 77.2 Å². The summed E-state index contributed by atoms with van der Waals surface area (Å²) in [5, 5.41) is 2.13. The SMILES string of the molecule is CCCCCCCCCCCOC(=O)[C@H](Cc1cc(F)cc(F)c1)N[P@](=O)(Oc1ccccc1)Oc1c(F)c(F)c(F)c(F)c1F. The van der Waals surface area contributed by atoms with Gasteiger partial charge in [0, 0.05) is 6.07 Å². The van der Waals surface area contributed by atoms with Gasteiger partial charge < -0.3 is 13.8 Å². The Balaban J connectivity index is 1.84. The number of nitrogens with one attached hydrogen (secondary N) is 1. The molecule has 0 spiro atoms. The van der Waals surface area contributed by atoms with Crippen LogP contribution in [0.2, 0.25) is 0 Å². The van der Waals surface area contributed by atoms with Crippen molar-refractivity contribution < 1.29 is 53.9 Å². The number of carbonyl (C=O) groups is 1. The Hall–Kier alpha value is -3.57. The van der Waals surface area contributed by atoms with Gasteiger partial charge in [-0.25, -0.2) is 26.5 Å². The van der Waals surface area contributed by atoms with Gasteiger partial charge in [0.2, 0.25) is 34.8 Å². The number of unbranched alkanes of at least 4 members (excludes halogenated alkanes) is 8. The summed E-state index contributed by atoms with van der Waals surface area (Å²) in [6.07, 6.45) is 8.19. The minimum Gasteiger partial charge on any atom is -0.465 e. The summed E-state index contributed by atoms with van der Waals surface area (Å²) in [4.78, 5) is 13.2. The Bertz CT molecular complexity index is 1450. The topological polar surface area (TPSA) is 73.9 Å².